The van der Waals surface area contributed by atoms with E-state index in [1.165, 1.54) is 0 Å². The molecule has 0 saturated carbocycles. The number of nitrogens with one attached hydrogen (secondary N) is 1. The number of para-hydroxylation sites is 1. The van der Waals surface area contributed by atoms with Crippen LogP contribution in [-0.4, -0.2) is 34.7 Å². The molecule has 1 unspecified atom stereocenters. The molecule has 0 aromatic heterocycles. The predicted octanol–water partition coefficient (Wildman–Crippen LogP) is 4.09. The van der Waals surface area contributed by atoms with Crippen molar-refractivity contribution in [2.45, 2.75) is 39.3 Å². The minimum Gasteiger partial charge on any atom is -0.379 e. The third-order valence-electron chi connectivity index (χ3n) is 3.26. The van der Waals surface area contributed by atoms with E-state index in [1.807, 2.05) is 45.0 Å². The van der Waals surface area contributed by atoms with Crippen LogP contribution in [0.25, 0.3) is 0 Å². The van der Waals surface area contributed by atoms with Crippen LogP contribution in [0.2, 0.25) is 6.04 Å². The van der Waals surface area contributed by atoms with E-state index in [0.29, 0.717) is 19.8 Å². The average Bonchev–Trinajstić information content (AvgIpc) is 2.53. The summed E-state index contributed by atoms with van der Waals surface area (Å²) < 4.78 is 17.7. The average molecular weight is 324 g/mol. The van der Waals surface area contributed by atoms with Gasteiger partial charge in [-0.2, -0.15) is 0 Å². The maximum absolute atomic E-state index is 5.89. The van der Waals surface area contributed by atoms with Gasteiger partial charge in [0.2, 0.25) is 0 Å². The maximum atomic E-state index is 5.89. The van der Waals surface area contributed by atoms with E-state index in [0.717, 1.165) is 18.2 Å². The van der Waals surface area contributed by atoms with Gasteiger partial charge >= 0.3 is 8.80 Å². The van der Waals surface area contributed by atoms with Crippen molar-refractivity contribution in [3.05, 3.63) is 43.0 Å². The molecule has 22 heavy (non-hydrogen) atoms. The Morgan fingerprint density at radius 2 is 1.59 bits per heavy atom. The van der Waals surface area contributed by atoms with Gasteiger partial charge in [-0.1, -0.05) is 24.3 Å². The van der Waals surface area contributed by atoms with Crippen LogP contribution >= 0.6 is 0 Å². The zero-order valence-corrected chi connectivity index (χ0v) is 15.0. The lowest BCUT2D eigenvalue weighted by atomic mass is 10.2. The summed E-state index contributed by atoms with van der Waals surface area (Å²) >= 11 is 0. The highest BCUT2D eigenvalue weighted by atomic mass is 28.4. The summed E-state index contributed by atoms with van der Waals surface area (Å²) in [6.07, 6.45) is 2.79. The van der Waals surface area contributed by atoms with Gasteiger partial charge in [0, 0.05) is 37.6 Å². The first-order chi connectivity index (χ1) is 10.7. The van der Waals surface area contributed by atoms with Crippen LogP contribution < -0.4 is 5.32 Å². The first kappa shape index (κ1) is 18.9. The topological polar surface area (TPSA) is 39.7 Å². The molecule has 124 valence electrons. The van der Waals surface area contributed by atoms with E-state index in [2.05, 4.69) is 24.0 Å². The molecule has 1 rings (SSSR count). The molecule has 0 aliphatic carbocycles. The SMILES string of the molecule is C=CC(CC[Si](OCC)(OCC)OCC)Nc1ccccc1. The second kappa shape index (κ2) is 10.6. The van der Waals surface area contributed by atoms with E-state index >= 15 is 0 Å². The zero-order valence-electron chi connectivity index (χ0n) is 14.0. The Labute approximate surface area is 135 Å². The van der Waals surface area contributed by atoms with Crippen LogP contribution in [0, 0.1) is 0 Å². The van der Waals surface area contributed by atoms with Gasteiger partial charge in [-0.25, -0.2) is 0 Å². The minimum absolute atomic E-state index is 0.163. The van der Waals surface area contributed by atoms with Crippen LogP contribution in [0.15, 0.2) is 43.0 Å². The summed E-state index contributed by atoms with van der Waals surface area (Å²) in [7, 11) is -2.58. The van der Waals surface area contributed by atoms with Crippen molar-refractivity contribution in [3.63, 3.8) is 0 Å². The third kappa shape index (κ3) is 6.32. The highest BCUT2D eigenvalue weighted by Crippen LogP contribution is 2.21. The van der Waals surface area contributed by atoms with E-state index in [-0.39, 0.29) is 6.04 Å². The first-order valence-corrected chi connectivity index (χ1v) is 9.98. The summed E-state index contributed by atoms with van der Waals surface area (Å²) in [5, 5.41) is 3.47. The molecule has 1 aromatic carbocycles. The smallest absolute Gasteiger partial charge is 0.379 e. The third-order valence-corrected chi connectivity index (χ3v) is 6.35. The first-order valence-electron chi connectivity index (χ1n) is 8.05. The number of benzene rings is 1. The monoisotopic (exact) mass is 323 g/mol. The van der Waals surface area contributed by atoms with Crippen molar-refractivity contribution in [2.75, 3.05) is 25.1 Å². The molecule has 0 fully saturated rings. The molecule has 1 N–H and O–H groups in total. The van der Waals surface area contributed by atoms with Gasteiger partial charge in [0.25, 0.3) is 0 Å². The molecular formula is C17H29NO3Si. The molecular weight excluding hydrogens is 294 g/mol. The summed E-state index contributed by atoms with van der Waals surface area (Å²) in [5.41, 5.74) is 1.09. The second-order valence-corrected chi connectivity index (χ2v) is 7.61. The molecule has 1 aromatic rings. The van der Waals surface area contributed by atoms with Crippen LogP contribution in [0.3, 0.4) is 0 Å². The van der Waals surface area contributed by atoms with Gasteiger partial charge in [0.05, 0.1) is 0 Å². The normalized spacial score (nSPS) is 12.9. The lowest BCUT2D eigenvalue weighted by Crippen LogP contribution is -2.46. The van der Waals surface area contributed by atoms with Crippen LogP contribution in [0.4, 0.5) is 5.69 Å². The fraction of sp³-hybridized carbons (Fsp3) is 0.529. The molecule has 0 saturated heterocycles. The van der Waals surface area contributed by atoms with Crippen molar-refractivity contribution < 1.29 is 13.3 Å². The summed E-state index contributed by atoms with van der Waals surface area (Å²) in [6.45, 7) is 11.7. The van der Waals surface area contributed by atoms with Gasteiger partial charge in [-0.05, 0) is 39.3 Å². The molecule has 0 amide bonds. The van der Waals surface area contributed by atoms with Gasteiger partial charge in [-0.3, -0.25) is 0 Å². The fourth-order valence-corrected chi connectivity index (χ4v) is 5.00. The van der Waals surface area contributed by atoms with Gasteiger partial charge in [0.1, 0.15) is 0 Å². The Hall–Kier alpha value is -1.14. The number of anilines is 1. The molecule has 0 heterocycles. The molecule has 1 atom stereocenters. The maximum Gasteiger partial charge on any atom is 0.501 e. The standard InChI is InChI=1S/C17H29NO3Si/c1-5-16(18-17-12-10-9-11-13-17)14-15-22(19-6-2,20-7-3)21-8-4/h5,9-13,16,18H,1,6-8,14-15H2,2-4H3. The molecule has 5 heteroatoms. The van der Waals surface area contributed by atoms with Crippen molar-refractivity contribution in [1.82, 2.24) is 0 Å². The summed E-state index contributed by atoms with van der Waals surface area (Å²) in [4.78, 5) is 0. The molecule has 0 aliphatic rings. The van der Waals surface area contributed by atoms with E-state index in [9.17, 15) is 0 Å². The highest BCUT2D eigenvalue weighted by Gasteiger charge is 2.40. The summed E-state index contributed by atoms with van der Waals surface area (Å²) in [6, 6.07) is 11.1. The molecule has 0 bridgehead atoms. The van der Waals surface area contributed by atoms with E-state index < -0.39 is 8.80 Å². The van der Waals surface area contributed by atoms with Crippen LogP contribution in [-0.2, 0) is 13.3 Å². The van der Waals surface area contributed by atoms with Crippen molar-refractivity contribution >= 4 is 14.5 Å². The number of rotatable bonds is 12. The van der Waals surface area contributed by atoms with E-state index in [4.69, 9.17) is 13.3 Å². The quantitative estimate of drug-likeness (QED) is 0.464. The lowest BCUT2D eigenvalue weighted by Gasteiger charge is -2.29. The lowest BCUT2D eigenvalue weighted by molar-refractivity contribution is 0.0707. The summed E-state index contributed by atoms with van der Waals surface area (Å²) in [5.74, 6) is 0. The Morgan fingerprint density at radius 1 is 1.05 bits per heavy atom. The van der Waals surface area contributed by atoms with Crippen LogP contribution in [0.5, 0.6) is 0 Å². The number of hydrogen-bond donors (Lipinski definition) is 1. The largest absolute Gasteiger partial charge is 0.501 e. The van der Waals surface area contributed by atoms with Gasteiger partial charge in [-0.15, -0.1) is 6.58 Å². The number of hydrogen-bond acceptors (Lipinski definition) is 4. The van der Waals surface area contributed by atoms with Crippen molar-refractivity contribution in [2.24, 2.45) is 0 Å². The molecule has 0 radical (unpaired) electrons. The second-order valence-electron chi connectivity index (χ2n) is 4.87. The Balaban J connectivity index is 2.65. The molecule has 0 aliphatic heterocycles. The van der Waals surface area contributed by atoms with E-state index in [1.54, 1.807) is 0 Å². The predicted molar refractivity (Wildman–Crippen MR) is 94.1 cm³/mol. The Morgan fingerprint density at radius 3 is 2.05 bits per heavy atom. The Bertz CT molecular complexity index is 397. The van der Waals surface area contributed by atoms with Crippen LogP contribution in [0.1, 0.15) is 27.2 Å². The van der Waals surface area contributed by atoms with Gasteiger partial charge < -0.3 is 18.6 Å². The molecule has 0 spiro atoms. The zero-order chi connectivity index (χ0) is 16.3. The molecule has 4 nitrogen and oxygen atoms in total. The van der Waals surface area contributed by atoms with Crippen molar-refractivity contribution in [1.29, 1.82) is 0 Å². The highest BCUT2D eigenvalue weighted by molar-refractivity contribution is 6.60. The van der Waals surface area contributed by atoms with Crippen molar-refractivity contribution in [3.8, 4) is 0 Å². The fourth-order valence-electron chi connectivity index (χ4n) is 2.33. The Kier molecular flexibility index (Phi) is 9.08. The minimum atomic E-state index is -2.58. The van der Waals surface area contributed by atoms with Gasteiger partial charge in [0.15, 0.2) is 0 Å².